The fraction of sp³-hybridized carbons (Fsp3) is 0.263. The van der Waals surface area contributed by atoms with Gasteiger partial charge < -0.3 is 9.57 Å². The number of oxime groups is 1. The van der Waals surface area contributed by atoms with Gasteiger partial charge in [-0.15, -0.1) is 0 Å². The summed E-state index contributed by atoms with van der Waals surface area (Å²) in [4.78, 5) is 9.44. The SMILES string of the molecule is C/C(=N/OCCOc1ccccc1C)c1nc2ccccc2n1C(F)F. The molecule has 26 heavy (non-hydrogen) atoms. The van der Waals surface area contributed by atoms with Crippen molar-refractivity contribution in [3.05, 3.63) is 59.9 Å². The lowest BCUT2D eigenvalue weighted by Crippen LogP contribution is -2.11. The molecule has 0 aliphatic rings. The fourth-order valence-electron chi connectivity index (χ4n) is 2.59. The van der Waals surface area contributed by atoms with E-state index in [1.165, 1.54) is 0 Å². The lowest BCUT2D eigenvalue weighted by molar-refractivity contribution is 0.0734. The second-order valence-corrected chi connectivity index (χ2v) is 5.70. The van der Waals surface area contributed by atoms with E-state index in [1.807, 2.05) is 31.2 Å². The van der Waals surface area contributed by atoms with Gasteiger partial charge in [-0.05, 0) is 37.6 Å². The van der Waals surface area contributed by atoms with Crippen molar-refractivity contribution in [3.8, 4) is 5.75 Å². The van der Waals surface area contributed by atoms with E-state index in [0.29, 0.717) is 17.6 Å². The van der Waals surface area contributed by atoms with Crippen molar-refractivity contribution in [3.63, 3.8) is 0 Å². The Kier molecular flexibility index (Phi) is 5.46. The first-order chi connectivity index (χ1) is 12.6. The van der Waals surface area contributed by atoms with Gasteiger partial charge in [0.25, 0.3) is 0 Å². The van der Waals surface area contributed by atoms with Crippen molar-refractivity contribution in [2.75, 3.05) is 13.2 Å². The summed E-state index contributed by atoms with van der Waals surface area (Å²) in [6, 6.07) is 14.4. The van der Waals surface area contributed by atoms with Gasteiger partial charge in [-0.1, -0.05) is 35.5 Å². The predicted octanol–water partition coefficient (Wildman–Crippen LogP) is 4.56. The van der Waals surface area contributed by atoms with E-state index < -0.39 is 6.55 Å². The Morgan fingerprint density at radius 1 is 1.12 bits per heavy atom. The maximum atomic E-state index is 13.4. The standard InChI is InChI=1S/C19H19F2N3O2/c1-13-7-3-6-10-17(13)25-11-12-26-23-14(2)18-22-15-8-4-5-9-16(15)24(18)19(20)21/h3-10,19H,11-12H2,1-2H3/b23-14-. The van der Waals surface area contributed by atoms with Gasteiger partial charge in [-0.3, -0.25) is 4.57 Å². The number of aryl methyl sites for hydroxylation is 1. The molecule has 0 atom stereocenters. The number of fused-ring (bicyclic) bond motifs is 1. The summed E-state index contributed by atoms with van der Waals surface area (Å²) in [7, 11) is 0. The summed E-state index contributed by atoms with van der Waals surface area (Å²) in [6.07, 6.45) is 0. The molecule has 0 spiro atoms. The quantitative estimate of drug-likeness (QED) is 0.353. The number of benzene rings is 2. The van der Waals surface area contributed by atoms with Crippen LogP contribution in [0.1, 0.15) is 24.9 Å². The lowest BCUT2D eigenvalue weighted by atomic mass is 10.2. The van der Waals surface area contributed by atoms with E-state index in [0.717, 1.165) is 15.9 Å². The normalized spacial score (nSPS) is 12.0. The van der Waals surface area contributed by atoms with Crippen LogP contribution in [0.5, 0.6) is 5.75 Å². The minimum Gasteiger partial charge on any atom is -0.490 e. The summed E-state index contributed by atoms with van der Waals surface area (Å²) in [5.41, 5.74) is 2.14. The molecule has 2 aromatic carbocycles. The van der Waals surface area contributed by atoms with Gasteiger partial charge in [0.2, 0.25) is 0 Å². The topological polar surface area (TPSA) is 48.6 Å². The van der Waals surface area contributed by atoms with Crippen LogP contribution < -0.4 is 4.74 Å². The molecule has 0 aliphatic heterocycles. The number of nitrogens with zero attached hydrogens (tertiary/aromatic N) is 3. The van der Waals surface area contributed by atoms with Crippen LogP contribution in [0.2, 0.25) is 0 Å². The molecule has 0 unspecified atom stereocenters. The highest BCUT2D eigenvalue weighted by atomic mass is 19.3. The monoisotopic (exact) mass is 359 g/mol. The molecule has 0 saturated carbocycles. The summed E-state index contributed by atoms with van der Waals surface area (Å²) in [5.74, 6) is 0.859. The second-order valence-electron chi connectivity index (χ2n) is 5.70. The number of alkyl halides is 2. The zero-order valence-electron chi connectivity index (χ0n) is 14.5. The zero-order valence-corrected chi connectivity index (χ0v) is 14.5. The summed E-state index contributed by atoms with van der Waals surface area (Å²) < 4.78 is 33.3. The summed E-state index contributed by atoms with van der Waals surface area (Å²) in [5, 5.41) is 3.91. The minimum absolute atomic E-state index is 0.0843. The first-order valence-corrected chi connectivity index (χ1v) is 8.18. The van der Waals surface area contributed by atoms with Crippen molar-refractivity contribution in [1.82, 2.24) is 9.55 Å². The van der Waals surface area contributed by atoms with E-state index in [2.05, 4.69) is 10.1 Å². The van der Waals surface area contributed by atoms with Crippen molar-refractivity contribution in [1.29, 1.82) is 0 Å². The summed E-state index contributed by atoms with van der Waals surface area (Å²) in [6.45, 7) is 1.32. The van der Waals surface area contributed by atoms with Crippen molar-refractivity contribution in [2.45, 2.75) is 20.4 Å². The number of rotatable bonds is 7. The maximum Gasteiger partial charge on any atom is 0.320 e. The van der Waals surface area contributed by atoms with Crippen LogP contribution in [0.25, 0.3) is 11.0 Å². The van der Waals surface area contributed by atoms with E-state index in [9.17, 15) is 8.78 Å². The lowest BCUT2D eigenvalue weighted by Gasteiger charge is -2.09. The Morgan fingerprint density at radius 3 is 2.62 bits per heavy atom. The number of hydrogen-bond donors (Lipinski definition) is 0. The minimum atomic E-state index is -2.72. The van der Waals surface area contributed by atoms with Gasteiger partial charge in [0.1, 0.15) is 18.1 Å². The Bertz CT molecular complexity index is 922. The molecule has 0 bridgehead atoms. The molecule has 3 aromatic rings. The van der Waals surface area contributed by atoms with E-state index in [-0.39, 0.29) is 18.1 Å². The molecule has 1 heterocycles. The molecule has 5 nitrogen and oxygen atoms in total. The number of hydrogen-bond acceptors (Lipinski definition) is 4. The highest BCUT2D eigenvalue weighted by molar-refractivity contribution is 5.98. The third-order valence-electron chi connectivity index (χ3n) is 3.84. The molecule has 1 aromatic heterocycles. The van der Waals surface area contributed by atoms with Gasteiger partial charge >= 0.3 is 6.55 Å². The van der Waals surface area contributed by atoms with Gasteiger partial charge in [0, 0.05) is 0 Å². The highest BCUT2D eigenvalue weighted by Crippen LogP contribution is 2.23. The molecular weight excluding hydrogens is 340 g/mol. The Labute approximate surface area is 149 Å². The Morgan fingerprint density at radius 2 is 1.85 bits per heavy atom. The maximum absolute atomic E-state index is 13.4. The van der Waals surface area contributed by atoms with Crippen molar-refractivity contribution >= 4 is 16.7 Å². The molecule has 136 valence electrons. The van der Waals surface area contributed by atoms with E-state index in [1.54, 1.807) is 31.2 Å². The highest BCUT2D eigenvalue weighted by Gasteiger charge is 2.19. The number of para-hydroxylation sites is 3. The molecule has 0 aliphatic carbocycles. The van der Waals surface area contributed by atoms with Crippen molar-refractivity contribution < 1.29 is 18.4 Å². The summed E-state index contributed by atoms with van der Waals surface area (Å²) >= 11 is 0. The molecule has 0 N–H and O–H groups in total. The third-order valence-corrected chi connectivity index (χ3v) is 3.84. The van der Waals surface area contributed by atoms with Crippen LogP contribution in [0, 0.1) is 6.92 Å². The second kappa shape index (κ2) is 7.95. The van der Waals surface area contributed by atoms with Crippen LogP contribution in [-0.4, -0.2) is 28.5 Å². The Hall–Kier alpha value is -2.96. The van der Waals surface area contributed by atoms with Gasteiger partial charge in [-0.2, -0.15) is 8.78 Å². The number of halogens is 2. The molecule has 0 saturated heterocycles. The fourth-order valence-corrected chi connectivity index (χ4v) is 2.59. The average molecular weight is 359 g/mol. The molecule has 3 rings (SSSR count). The molecule has 0 fully saturated rings. The van der Waals surface area contributed by atoms with Gasteiger partial charge in [0.05, 0.1) is 11.0 Å². The first-order valence-electron chi connectivity index (χ1n) is 8.18. The van der Waals surface area contributed by atoms with E-state index >= 15 is 0 Å². The number of imidazole rings is 1. The third kappa shape index (κ3) is 3.82. The molecule has 7 heteroatoms. The first kappa shape index (κ1) is 17.8. The van der Waals surface area contributed by atoms with Crippen molar-refractivity contribution in [2.24, 2.45) is 5.16 Å². The average Bonchev–Trinajstić information content (AvgIpc) is 3.02. The van der Waals surface area contributed by atoms with Crippen LogP contribution in [0.15, 0.2) is 53.7 Å². The number of aromatic nitrogens is 2. The van der Waals surface area contributed by atoms with Crippen LogP contribution >= 0.6 is 0 Å². The van der Waals surface area contributed by atoms with Gasteiger partial charge in [-0.25, -0.2) is 4.98 Å². The van der Waals surface area contributed by atoms with Gasteiger partial charge in [0.15, 0.2) is 12.4 Å². The smallest absolute Gasteiger partial charge is 0.320 e. The van der Waals surface area contributed by atoms with Crippen LogP contribution in [0.3, 0.4) is 0 Å². The predicted molar refractivity (Wildman–Crippen MR) is 95.8 cm³/mol. The molecular formula is C19H19F2N3O2. The Balaban J connectivity index is 1.66. The van der Waals surface area contributed by atoms with Crippen LogP contribution in [-0.2, 0) is 4.84 Å². The molecule has 0 amide bonds. The number of ether oxygens (including phenoxy) is 1. The largest absolute Gasteiger partial charge is 0.490 e. The zero-order chi connectivity index (χ0) is 18.5. The van der Waals surface area contributed by atoms with Crippen LogP contribution in [0.4, 0.5) is 8.78 Å². The van der Waals surface area contributed by atoms with E-state index in [4.69, 9.17) is 9.57 Å². The molecule has 0 radical (unpaired) electrons.